The third-order valence-electron chi connectivity index (χ3n) is 3.64. The normalized spacial score (nSPS) is 21.1. The van der Waals surface area contributed by atoms with Crippen LogP contribution >= 0.6 is 11.8 Å². The van der Waals surface area contributed by atoms with Gasteiger partial charge in [-0.2, -0.15) is 11.8 Å². The van der Waals surface area contributed by atoms with Gasteiger partial charge in [0.25, 0.3) is 0 Å². The Morgan fingerprint density at radius 3 is 3.11 bits per heavy atom. The van der Waals surface area contributed by atoms with E-state index in [1.165, 1.54) is 17.9 Å². The number of anilines is 1. The summed E-state index contributed by atoms with van der Waals surface area (Å²) >= 11 is 2.01. The minimum Gasteiger partial charge on any atom is -0.399 e. The molecule has 2 heterocycles. The summed E-state index contributed by atoms with van der Waals surface area (Å²) in [6.45, 7) is 2.71. The van der Waals surface area contributed by atoms with Crippen molar-refractivity contribution in [2.45, 2.75) is 26.0 Å². The summed E-state index contributed by atoms with van der Waals surface area (Å²) in [6.07, 6.45) is 0.695. The Balaban J connectivity index is 2.05. The highest BCUT2D eigenvalue weighted by Crippen LogP contribution is 2.29. The molecule has 2 unspecified atom stereocenters. The van der Waals surface area contributed by atoms with Gasteiger partial charge in [0, 0.05) is 12.2 Å². The number of nitrogens with two attached hydrogens (primary N) is 1. The molecule has 1 aliphatic rings. The molecule has 102 valence electrons. The Kier molecular flexibility index (Phi) is 3.41. The van der Waals surface area contributed by atoms with Gasteiger partial charge in [-0.3, -0.25) is 0 Å². The van der Waals surface area contributed by atoms with Crippen molar-refractivity contribution in [3.8, 4) is 0 Å². The van der Waals surface area contributed by atoms with Crippen molar-refractivity contribution in [1.29, 1.82) is 0 Å². The minimum atomic E-state index is -0.553. The fourth-order valence-corrected chi connectivity index (χ4v) is 3.93. The first kappa shape index (κ1) is 12.8. The van der Waals surface area contributed by atoms with E-state index < -0.39 is 6.10 Å². The zero-order chi connectivity index (χ0) is 13.4. The number of hydrogen-bond acceptors (Lipinski definition) is 4. The predicted octanol–water partition coefficient (Wildman–Crippen LogP) is 2.42. The van der Waals surface area contributed by atoms with E-state index in [1.54, 1.807) is 6.92 Å². The van der Waals surface area contributed by atoms with Crippen LogP contribution in [0.25, 0.3) is 11.0 Å². The van der Waals surface area contributed by atoms with Crippen LogP contribution in [0.2, 0.25) is 0 Å². The molecule has 19 heavy (non-hydrogen) atoms. The number of imidazole rings is 1. The molecule has 5 heteroatoms. The van der Waals surface area contributed by atoms with Crippen LogP contribution in [0, 0.1) is 5.92 Å². The molecule has 2 aromatic rings. The van der Waals surface area contributed by atoms with Crippen LogP contribution in [0.5, 0.6) is 0 Å². The molecule has 0 aliphatic carbocycles. The average molecular weight is 277 g/mol. The Labute approximate surface area is 117 Å². The van der Waals surface area contributed by atoms with Crippen molar-refractivity contribution in [1.82, 2.24) is 9.55 Å². The number of aliphatic hydroxyl groups excluding tert-OH is 1. The first-order valence-corrected chi connectivity index (χ1v) is 7.82. The van der Waals surface area contributed by atoms with Crippen LogP contribution in [0.15, 0.2) is 18.2 Å². The number of benzene rings is 1. The molecule has 3 N–H and O–H groups in total. The maximum atomic E-state index is 9.93. The van der Waals surface area contributed by atoms with E-state index in [9.17, 15) is 5.11 Å². The summed E-state index contributed by atoms with van der Waals surface area (Å²) in [5, 5.41) is 9.93. The predicted molar refractivity (Wildman–Crippen MR) is 80.2 cm³/mol. The van der Waals surface area contributed by atoms with Gasteiger partial charge < -0.3 is 15.4 Å². The summed E-state index contributed by atoms with van der Waals surface area (Å²) in [5.41, 5.74) is 8.47. The molecule has 1 saturated heterocycles. The van der Waals surface area contributed by atoms with Crippen molar-refractivity contribution < 1.29 is 5.11 Å². The van der Waals surface area contributed by atoms with E-state index >= 15 is 0 Å². The van der Waals surface area contributed by atoms with Gasteiger partial charge in [0.05, 0.1) is 11.0 Å². The zero-order valence-corrected chi connectivity index (χ0v) is 11.9. The lowest BCUT2D eigenvalue weighted by atomic mass is 10.1. The average Bonchev–Trinajstić information content (AvgIpc) is 2.97. The second-order valence-corrected chi connectivity index (χ2v) is 6.38. The summed E-state index contributed by atoms with van der Waals surface area (Å²) < 4.78 is 2.16. The second kappa shape index (κ2) is 5.06. The standard InChI is InChI=1S/C14H19N3OS/c1-9(18)14-16-12-6-11(15)2-3-13(12)17(14)7-10-4-5-19-8-10/h2-3,6,9-10,18H,4-5,7-8,15H2,1H3. The Morgan fingerprint density at radius 2 is 2.42 bits per heavy atom. The molecule has 1 fully saturated rings. The lowest BCUT2D eigenvalue weighted by molar-refractivity contribution is 0.183. The monoisotopic (exact) mass is 277 g/mol. The third kappa shape index (κ3) is 2.44. The molecule has 1 aromatic carbocycles. The third-order valence-corrected chi connectivity index (χ3v) is 4.87. The van der Waals surface area contributed by atoms with Crippen molar-refractivity contribution in [2.24, 2.45) is 5.92 Å². The lowest BCUT2D eigenvalue weighted by Crippen LogP contribution is -2.14. The highest BCUT2D eigenvalue weighted by molar-refractivity contribution is 7.99. The SMILES string of the molecule is CC(O)c1nc2cc(N)ccc2n1CC1CCSC1. The quantitative estimate of drug-likeness (QED) is 0.846. The summed E-state index contributed by atoms with van der Waals surface area (Å²) in [7, 11) is 0. The largest absolute Gasteiger partial charge is 0.399 e. The van der Waals surface area contributed by atoms with Gasteiger partial charge in [-0.25, -0.2) is 4.98 Å². The molecule has 0 spiro atoms. The van der Waals surface area contributed by atoms with Gasteiger partial charge in [0.2, 0.25) is 0 Å². The molecule has 3 rings (SSSR count). The topological polar surface area (TPSA) is 64.1 Å². The Hall–Kier alpha value is -1.20. The number of nitrogens with zero attached hydrogens (tertiary/aromatic N) is 2. The Morgan fingerprint density at radius 1 is 1.58 bits per heavy atom. The van der Waals surface area contributed by atoms with E-state index in [0.29, 0.717) is 11.6 Å². The Bertz CT molecular complexity index is 588. The van der Waals surface area contributed by atoms with Gasteiger partial charge in [0.15, 0.2) is 0 Å². The van der Waals surface area contributed by atoms with Crippen LogP contribution in [-0.2, 0) is 6.54 Å². The first-order chi connectivity index (χ1) is 9.15. The van der Waals surface area contributed by atoms with Crippen LogP contribution in [-0.4, -0.2) is 26.2 Å². The van der Waals surface area contributed by atoms with E-state index in [2.05, 4.69) is 9.55 Å². The number of fused-ring (bicyclic) bond motifs is 1. The van der Waals surface area contributed by atoms with Gasteiger partial charge in [-0.1, -0.05) is 0 Å². The fourth-order valence-electron chi connectivity index (χ4n) is 2.66. The molecular formula is C14H19N3OS. The van der Waals surface area contributed by atoms with Crippen molar-refractivity contribution in [3.05, 3.63) is 24.0 Å². The molecule has 4 nitrogen and oxygen atoms in total. The first-order valence-electron chi connectivity index (χ1n) is 6.66. The van der Waals surface area contributed by atoms with Gasteiger partial charge >= 0.3 is 0 Å². The number of rotatable bonds is 3. The van der Waals surface area contributed by atoms with Crippen LogP contribution in [0.1, 0.15) is 25.3 Å². The molecule has 2 atom stereocenters. The molecule has 0 radical (unpaired) electrons. The van der Waals surface area contributed by atoms with Crippen molar-refractivity contribution in [2.75, 3.05) is 17.2 Å². The highest BCUT2D eigenvalue weighted by atomic mass is 32.2. The van der Waals surface area contributed by atoms with Crippen LogP contribution < -0.4 is 5.73 Å². The highest BCUT2D eigenvalue weighted by Gasteiger charge is 2.21. The number of aliphatic hydroxyl groups is 1. The molecular weight excluding hydrogens is 258 g/mol. The van der Waals surface area contributed by atoms with Crippen LogP contribution in [0.3, 0.4) is 0 Å². The van der Waals surface area contributed by atoms with E-state index in [1.807, 2.05) is 30.0 Å². The van der Waals surface area contributed by atoms with Gasteiger partial charge in [-0.05, 0) is 49.0 Å². The lowest BCUT2D eigenvalue weighted by Gasteiger charge is -2.14. The maximum Gasteiger partial charge on any atom is 0.138 e. The van der Waals surface area contributed by atoms with Gasteiger partial charge in [0.1, 0.15) is 11.9 Å². The molecule has 0 bridgehead atoms. The van der Waals surface area contributed by atoms with E-state index in [-0.39, 0.29) is 0 Å². The number of thioether (sulfide) groups is 1. The zero-order valence-electron chi connectivity index (χ0n) is 11.0. The number of nitrogen functional groups attached to an aromatic ring is 1. The molecule has 1 aliphatic heterocycles. The van der Waals surface area contributed by atoms with Crippen LogP contribution in [0.4, 0.5) is 5.69 Å². The molecule has 1 aromatic heterocycles. The smallest absolute Gasteiger partial charge is 0.138 e. The maximum absolute atomic E-state index is 9.93. The van der Waals surface area contributed by atoms with Crippen molar-refractivity contribution in [3.63, 3.8) is 0 Å². The second-order valence-electron chi connectivity index (χ2n) is 5.23. The van der Waals surface area contributed by atoms with E-state index in [4.69, 9.17) is 5.73 Å². The minimum absolute atomic E-state index is 0.553. The number of aromatic nitrogens is 2. The van der Waals surface area contributed by atoms with Gasteiger partial charge in [-0.15, -0.1) is 0 Å². The summed E-state index contributed by atoms with van der Waals surface area (Å²) in [4.78, 5) is 4.54. The van der Waals surface area contributed by atoms with Crippen molar-refractivity contribution >= 4 is 28.5 Å². The van der Waals surface area contributed by atoms with E-state index in [0.717, 1.165) is 23.4 Å². The fraction of sp³-hybridized carbons (Fsp3) is 0.500. The number of hydrogen-bond donors (Lipinski definition) is 2. The summed E-state index contributed by atoms with van der Waals surface area (Å²) in [6, 6.07) is 5.78. The summed E-state index contributed by atoms with van der Waals surface area (Å²) in [5.74, 6) is 3.87. The molecule has 0 saturated carbocycles. The molecule has 0 amide bonds.